The fraction of sp³-hybridized carbons (Fsp3) is 0.278. The van der Waals surface area contributed by atoms with E-state index in [4.69, 9.17) is 0 Å². The summed E-state index contributed by atoms with van der Waals surface area (Å²) in [5, 5.41) is 10.5. The second-order valence-electron chi connectivity index (χ2n) is 4.99. The Hall–Kier alpha value is -2.09. The molecule has 2 nitrogen and oxygen atoms in total. The van der Waals surface area contributed by atoms with Gasteiger partial charge >= 0.3 is 0 Å². The molecule has 104 valence electrons. The van der Waals surface area contributed by atoms with Crippen molar-refractivity contribution in [3.05, 3.63) is 71.8 Å². The highest BCUT2D eigenvalue weighted by molar-refractivity contribution is 5.64. The van der Waals surface area contributed by atoms with E-state index in [1.165, 1.54) is 11.1 Å². The third-order valence-corrected chi connectivity index (χ3v) is 3.53. The molecule has 2 rings (SSSR count). The molecule has 2 aromatic rings. The van der Waals surface area contributed by atoms with Crippen LogP contribution < -0.4 is 5.11 Å². The average molecular weight is 267 g/mol. The van der Waals surface area contributed by atoms with E-state index < -0.39 is 5.97 Å². The van der Waals surface area contributed by atoms with Crippen LogP contribution in [-0.4, -0.2) is 5.97 Å². The van der Waals surface area contributed by atoms with Crippen molar-refractivity contribution in [2.24, 2.45) is 0 Å². The Kier molecular flexibility index (Phi) is 5.36. The van der Waals surface area contributed by atoms with E-state index in [9.17, 15) is 9.90 Å². The molecule has 0 saturated carbocycles. The van der Waals surface area contributed by atoms with Crippen LogP contribution in [-0.2, 0) is 4.79 Å². The van der Waals surface area contributed by atoms with E-state index in [0.29, 0.717) is 12.3 Å². The van der Waals surface area contributed by atoms with E-state index >= 15 is 0 Å². The maximum Gasteiger partial charge on any atom is 0.0414 e. The van der Waals surface area contributed by atoms with Gasteiger partial charge in [-0.1, -0.05) is 67.1 Å². The highest BCUT2D eigenvalue weighted by Crippen LogP contribution is 2.29. The first-order valence-corrected chi connectivity index (χ1v) is 7.07. The van der Waals surface area contributed by atoms with Crippen molar-refractivity contribution in [3.8, 4) is 0 Å². The number of hydrogen-bond donors (Lipinski definition) is 0. The molecule has 0 atom stereocenters. The van der Waals surface area contributed by atoms with Crippen LogP contribution in [0.25, 0.3) is 0 Å². The number of benzene rings is 2. The molecule has 0 unspecified atom stereocenters. The third kappa shape index (κ3) is 4.23. The number of hydrogen-bond acceptors (Lipinski definition) is 2. The zero-order valence-corrected chi connectivity index (χ0v) is 11.5. The molecular weight excluding hydrogens is 248 g/mol. The molecule has 0 heterocycles. The minimum absolute atomic E-state index is 0.149. The summed E-state index contributed by atoms with van der Waals surface area (Å²) in [6, 6.07) is 20.8. The second-order valence-corrected chi connectivity index (χ2v) is 4.99. The first-order valence-electron chi connectivity index (χ1n) is 7.07. The summed E-state index contributed by atoms with van der Waals surface area (Å²) in [5.74, 6) is -0.625. The molecule has 0 aliphatic rings. The van der Waals surface area contributed by atoms with Crippen LogP contribution in [0.15, 0.2) is 60.7 Å². The van der Waals surface area contributed by atoms with Gasteiger partial charge < -0.3 is 9.90 Å². The van der Waals surface area contributed by atoms with Gasteiger partial charge in [0.25, 0.3) is 0 Å². The van der Waals surface area contributed by atoms with Crippen molar-refractivity contribution in [1.29, 1.82) is 0 Å². The Morgan fingerprint density at radius 1 is 0.850 bits per heavy atom. The van der Waals surface area contributed by atoms with E-state index in [1.807, 2.05) is 36.4 Å². The molecule has 0 N–H and O–H groups in total. The quantitative estimate of drug-likeness (QED) is 0.723. The van der Waals surface area contributed by atoms with Gasteiger partial charge in [-0.15, -0.1) is 0 Å². The van der Waals surface area contributed by atoms with Crippen LogP contribution in [0.3, 0.4) is 0 Å². The van der Waals surface area contributed by atoms with Gasteiger partial charge in [-0.2, -0.15) is 0 Å². The number of unbranched alkanes of at least 4 members (excludes halogenated alkanes) is 1. The predicted molar refractivity (Wildman–Crippen MR) is 78.2 cm³/mol. The lowest BCUT2D eigenvalue weighted by atomic mass is 9.87. The smallest absolute Gasteiger partial charge is 0.0414 e. The first-order chi connectivity index (χ1) is 9.77. The van der Waals surface area contributed by atoms with Crippen molar-refractivity contribution < 1.29 is 9.90 Å². The lowest BCUT2D eigenvalue weighted by molar-refractivity contribution is -0.305. The van der Waals surface area contributed by atoms with Crippen LogP contribution >= 0.6 is 0 Å². The number of carboxylic acids is 1. The van der Waals surface area contributed by atoms with Gasteiger partial charge in [0.2, 0.25) is 0 Å². The van der Waals surface area contributed by atoms with E-state index in [1.54, 1.807) is 0 Å². The molecule has 0 aromatic heterocycles. The summed E-state index contributed by atoms with van der Waals surface area (Å²) in [4.78, 5) is 10.5. The molecule has 0 fully saturated rings. The fourth-order valence-corrected chi connectivity index (χ4v) is 2.51. The van der Waals surface area contributed by atoms with Gasteiger partial charge in [0.15, 0.2) is 0 Å². The Labute approximate surface area is 120 Å². The highest BCUT2D eigenvalue weighted by atomic mass is 16.4. The van der Waals surface area contributed by atoms with Gasteiger partial charge in [-0.3, -0.25) is 0 Å². The highest BCUT2D eigenvalue weighted by Gasteiger charge is 2.13. The number of carboxylic acid groups (broad SMARTS) is 1. The largest absolute Gasteiger partial charge is 0.550 e. The second kappa shape index (κ2) is 7.49. The fourth-order valence-electron chi connectivity index (χ4n) is 2.51. The normalized spacial score (nSPS) is 10.7. The Bertz CT molecular complexity index is 480. The summed E-state index contributed by atoms with van der Waals surface area (Å²) < 4.78 is 0. The van der Waals surface area contributed by atoms with Crippen molar-refractivity contribution in [1.82, 2.24) is 0 Å². The molecule has 0 amide bonds. The van der Waals surface area contributed by atoms with Crippen LogP contribution in [0.2, 0.25) is 0 Å². The van der Waals surface area contributed by atoms with Gasteiger partial charge in [0.1, 0.15) is 0 Å². The lowest BCUT2D eigenvalue weighted by Crippen LogP contribution is -2.21. The number of carbonyl (C=O) groups excluding carboxylic acids is 1. The molecule has 0 saturated heterocycles. The maximum atomic E-state index is 10.5. The first kappa shape index (κ1) is 14.3. The van der Waals surface area contributed by atoms with E-state index in [-0.39, 0.29) is 6.42 Å². The van der Waals surface area contributed by atoms with Crippen LogP contribution in [0.5, 0.6) is 0 Å². The minimum Gasteiger partial charge on any atom is -0.550 e. The SMILES string of the molecule is O=C([O-])CCCCC(c1ccccc1)c1ccccc1. The molecule has 20 heavy (non-hydrogen) atoms. The topological polar surface area (TPSA) is 40.1 Å². The zero-order valence-electron chi connectivity index (χ0n) is 11.5. The average Bonchev–Trinajstić information content (AvgIpc) is 2.49. The van der Waals surface area contributed by atoms with Crippen molar-refractivity contribution in [3.63, 3.8) is 0 Å². The molecule has 2 aromatic carbocycles. The number of rotatable bonds is 7. The van der Waals surface area contributed by atoms with E-state index in [2.05, 4.69) is 24.3 Å². The molecule has 0 aliphatic heterocycles. The Morgan fingerprint density at radius 2 is 1.35 bits per heavy atom. The van der Waals surface area contributed by atoms with Gasteiger partial charge in [-0.05, 0) is 30.4 Å². The van der Waals surface area contributed by atoms with Gasteiger partial charge in [0.05, 0.1) is 0 Å². The van der Waals surface area contributed by atoms with Crippen molar-refractivity contribution in [2.45, 2.75) is 31.6 Å². The van der Waals surface area contributed by atoms with Crippen molar-refractivity contribution >= 4 is 5.97 Å². The van der Waals surface area contributed by atoms with E-state index in [0.717, 1.165) is 12.8 Å². The zero-order chi connectivity index (χ0) is 14.2. The summed E-state index contributed by atoms with van der Waals surface area (Å²) in [5.41, 5.74) is 2.57. The Balaban J connectivity index is 2.07. The summed E-state index contributed by atoms with van der Waals surface area (Å²) in [6.45, 7) is 0. The third-order valence-electron chi connectivity index (χ3n) is 3.53. The molecule has 0 spiro atoms. The summed E-state index contributed by atoms with van der Waals surface area (Å²) in [6.07, 6.45) is 2.68. The molecule has 2 heteroatoms. The summed E-state index contributed by atoms with van der Waals surface area (Å²) in [7, 11) is 0. The standard InChI is InChI=1S/C18H20O2/c19-18(20)14-8-7-13-17(15-9-3-1-4-10-15)16-11-5-2-6-12-16/h1-6,9-12,17H,7-8,13-14H2,(H,19,20)/p-1. The summed E-state index contributed by atoms with van der Waals surface area (Å²) >= 11 is 0. The molecule has 0 aliphatic carbocycles. The van der Waals surface area contributed by atoms with Crippen LogP contribution in [0, 0.1) is 0 Å². The van der Waals surface area contributed by atoms with Gasteiger partial charge in [-0.25, -0.2) is 0 Å². The van der Waals surface area contributed by atoms with Crippen LogP contribution in [0.1, 0.15) is 42.7 Å². The number of aliphatic carboxylic acids is 1. The predicted octanol–water partition coefficient (Wildman–Crippen LogP) is 3.13. The van der Waals surface area contributed by atoms with Crippen LogP contribution in [0.4, 0.5) is 0 Å². The molecular formula is C18H19O2-. The molecule has 0 bridgehead atoms. The molecule has 0 radical (unpaired) electrons. The maximum absolute atomic E-state index is 10.5. The minimum atomic E-state index is -0.957. The monoisotopic (exact) mass is 267 g/mol. The van der Waals surface area contributed by atoms with Crippen molar-refractivity contribution in [2.75, 3.05) is 0 Å². The number of carbonyl (C=O) groups is 1. The van der Waals surface area contributed by atoms with Gasteiger partial charge in [0, 0.05) is 11.9 Å². The Morgan fingerprint density at radius 3 is 1.80 bits per heavy atom. The lowest BCUT2D eigenvalue weighted by Gasteiger charge is -2.18.